The molecule has 0 spiro atoms. The molecule has 4 aliphatic rings. The molecule has 4 aliphatic carbocycles. The first kappa shape index (κ1) is 27.4. The van der Waals surface area contributed by atoms with Crippen molar-refractivity contribution in [3.8, 4) is 0 Å². The molecule has 6 nitrogen and oxygen atoms in total. The molecular formula is C26H42NNaO5. The number of aliphatic carboxylic acids is 1. The summed E-state index contributed by atoms with van der Waals surface area (Å²) < 4.78 is 0. The summed E-state index contributed by atoms with van der Waals surface area (Å²) >= 11 is 0. The molecule has 4 saturated carbocycles. The Morgan fingerprint density at radius 2 is 1.70 bits per heavy atom. The van der Waals surface area contributed by atoms with Gasteiger partial charge in [0, 0.05) is 6.42 Å². The van der Waals surface area contributed by atoms with Crippen molar-refractivity contribution in [1.29, 1.82) is 0 Å². The number of carboxylic acid groups (broad SMARTS) is 1. The summed E-state index contributed by atoms with van der Waals surface area (Å²) in [6, 6.07) is 0. The zero-order valence-electron chi connectivity index (χ0n) is 21.0. The van der Waals surface area contributed by atoms with Crippen LogP contribution in [-0.4, -0.2) is 40.8 Å². The maximum absolute atomic E-state index is 12.0. The first-order chi connectivity index (χ1) is 15.1. The number of aliphatic hydroxyl groups excluding tert-OH is 2. The van der Waals surface area contributed by atoms with E-state index in [0.29, 0.717) is 41.9 Å². The van der Waals surface area contributed by atoms with Gasteiger partial charge in [-0.1, -0.05) is 20.8 Å². The van der Waals surface area contributed by atoms with E-state index >= 15 is 0 Å². The summed E-state index contributed by atoms with van der Waals surface area (Å²) in [7, 11) is 0. The van der Waals surface area contributed by atoms with Crippen molar-refractivity contribution in [2.75, 3.05) is 6.54 Å². The fourth-order valence-corrected chi connectivity index (χ4v) is 8.99. The number of rotatable bonds is 6. The van der Waals surface area contributed by atoms with E-state index in [1.807, 2.05) is 0 Å². The summed E-state index contributed by atoms with van der Waals surface area (Å²) in [5, 5.41) is 34.5. The molecule has 1 amide bonds. The second-order valence-corrected chi connectivity index (χ2v) is 12.1. The summed E-state index contributed by atoms with van der Waals surface area (Å²) in [4.78, 5) is 22.6. The molecule has 0 radical (unpaired) electrons. The first-order valence-electron chi connectivity index (χ1n) is 12.9. The monoisotopic (exact) mass is 471 g/mol. The van der Waals surface area contributed by atoms with Gasteiger partial charge >= 0.3 is 29.6 Å². The SMILES string of the molecule is CC(CCC(=O)NCC(=O)[O-])[C@H]1CCC2C3C(O)CC4C[C@H](O)CC[C@]4(C)C3CC[C@@]21C.[Na+]. The molecule has 7 heteroatoms. The predicted octanol–water partition coefficient (Wildman–Crippen LogP) is -0.737. The largest absolute Gasteiger partial charge is 1.00 e. The van der Waals surface area contributed by atoms with E-state index in [-0.39, 0.29) is 58.5 Å². The second-order valence-electron chi connectivity index (χ2n) is 12.1. The molecule has 3 N–H and O–H groups in total. The topological polar surface area (TPSA) is 110 Å². The third-order valence-electron chi connectivity index (χ3n) is 10.7. The van der Waals surface area contributed by atoms with Crippen LogP contribution in [0, 0.1) is 46.3 Å². The summed E-state index contributed by atoms with van der Waals surface area (Å²) in [5.41, 5.74) is 0.436. The van der Waals surface area contributed by atoms with E-state index in [9.17, 15) is 24.9 Å². The van der Waals surface area contributed by atoms with Gasteiger partial charge in [-0.2, -0.15) is 0 Å². The van der Waals surface area contributed by atoms with Gasteiger partial charge in [-0.3, -0.25) is 4.79 Å². The first-order valence-corrected chi connectivity index (χ1v) is 12.9. The molecule has 0 heterocycles. The molecular weight excluding hydrogens is 429 g/mol. The Balaban J connectivity index is 0.00000306. The molecule has 4 rings (SSSR count). The number of amides is 1. The Hall–Kier alpha value is -0.140. The molecule has 0 aromatic rings. The van der Waals surface area contributed by atoms with Crippen LogP contribution < -0.4 is 40.0 Å². The van der Waals surface area contributed by atoms with Gasteiger partial charge in [-0.25, -0.2) is 0 Å². The molecule has 0 saturated heterocycles. The van der Waals surface area contributed by atoms with Crippen molar-refractivity contribution in [2.24, 2.45) is 46.3 Å². The van der Waals surface area contributed by atoms with Crippen molar-refractivity contribution in [1.82, 2.24) is 5.32 Å². The minimum absolute atomic E-state index is 0. The van der Waals surface area contributed by atoms with E-state index in [1.54, 1.807) is 0 Å². The molecule has 0 bridgehead atoms. The van der Waals surface area contributed by atoms with Crippen molar-refractivity contribution in [2.45, 2.75) is 97.2 Å². The number of hydrogen-bond donors (Lipinski definition) is 3. The number of carbonyl (C=O) groups excluding carboxylic acids is 2. The molecule has 10 atom stereocenters. The Bertz CT molecular complexity index is 733. The quantitative estimate of drug-likeness (QED) is 0.442. The molecule has 0 aliphatic heterocycles. The normalized spacial score (nSPS) is 45.1. The zero-order chi connectivity index (χ0) is 23.3. The number of nitrogens with one attached hydrogen (secondary N) is 1. The zero-order valence-corrected chi connectivity index (χ0v) is 23.0. The van der Waals surface area contributed by atoms with Gasteiger partial charge in [0.25, 0.3) is 0 Å². The number of aliphatic hydroxyl groups is 2. The molecule has 0 aromatic heterocycles. The minimum atomic E-state index is -1.26. The third kappa shape index (κ3) is 5.07. The molecule has 33 heavy (non-hydrogen) atoms. The number of carbonyl (C=O) groups is 2. The van der Waals surface area contributed by atoms with E-state index in [2.05, 4.69) is 26.1 Å². The van der Waals surface area contributed by atoms with E-state index < -0.39 is 12.5 Å². The van der Waals surface area contributed by atoms with Crippen molar-refractivity contribution >= 4 is 11.9 Å². The average Bonchev–Trinajstić information content (AvgIpc) is 3.09. The number of carboxylic acids is 1. The smallest absolute Gasteiger partial charge is 0.548 e. The fourth-order valence-electron chi connectivity index (χ4n) is 8.99. The maximum Gasteiger partial charge on any atom is 1.00 e. The Morgan fingerprint density at radius 3 is 2.39 bits per heavy atom. The van der Waals surface area contributed by atoms with Crippen molar-refractivity contribution < 1.29 is 54.5 Å². The maximum atomic E-state index is 12.0. The molecule has 6 unspecified atom stereocenters. The van der Waals surface area contributed by atoms with Gasteiger partial charge in [0.05, 0.1) is 24.7 Å². The van der Waals surface area contributed by atoms with Crippen LogP contribution in [0.15, 0.2) is 0 Å². The summed E-state index contributed by atoms with van der Waals surface area (Å²) in [6.45, 7) is 6.70. The van der Waals surface area contributed by atoms with Gasteiger partial charge in [0.2, 0.25) is 5.91 Å². The van der Waals surface area contributed by atoms with Crippen molar-refractivity contribution in [3.05, 3.63) is 0 Å². The van der Waals surface area contributed by atoms with Crippen LogP contribution >= 0.6 is 0 Å². The van der Waals surface area contributed by atoms with Crippen molar-refractivity contribution in [3.63, 3.8) is 0 Å². The van der Waals surface area contributed by atoms with Gasteiger partial charge < -0.3 is 25.4 Å². The average molecular weight is 472 g/mol. The minimum Gasteiger partial charge on any atom is -0.548 e. The van der Waals surface area contributed by atoms with Gasteiger partial charge in [0.15, 0.2) is 0 Å². The molecule has 182 valence electrons. The predicted molar refractivity (Wildman–Crippen MR) is 119 cm³/mol. The fraction of sp³-hybridized carbons (Fsp3) is 0.923. The van der Waals surface area contributed by atoms with Gasteiger partial charge in [-0.05, 0) is 104 Å². The van der Waals surface area contributed by atoms with Crippen LogP contribution in [0.2, 0.25) is 0 Å². The number of fused-ring (bicyclic) bond motifs is 5. The van der Waals surface area contributed by atoms with E-state index in [1.165, 1.54) is 6.42 Å². The standard InChI is InChI=1S/C26H43NO5.Na/c1-15(4-7-22(30)27-14-23(31)32)18-5-6-19-24-20(9-11-26(18,19)3)25(2)10-8-17(28)12-16(25)13-21(24)29;/h15-21,24,28-29H,4-14H2,1-3H3,(H,27,30)(H,31,32);/q;+1/p-1/t15?,16?,17-,18-,19?,20?,21?,24?,25+,26-;/m1./s1. The summed E-state index contributed by atoms with van der Waals surface area (Å²) in [6.07, 6.45) is 8.95. The van der Waals surface area contributed by atoms with Crippen LogP contribution in [0.5, 0.6) is 0 Å². The van der Waals surface area contributed by atoms with Gasteiger partial charge in [-0.15, -0.1) is 0 Å². The summed E-state index contributed by atoms with van der Waals surface area (Å²) in [5.74, 6) is 1.31. The second kappa shape index (κ2) is 10.5. The Labute approximate surface area is 221 Å². The Morgan fingerprint density at radius 1 is 1.03 bits per heavy atom. The Kier molecular flexibility index (Phi) is 8.70. The third-order valence-corrected chi connectivity index (χ3v) is 10.7. The van der Waals surface area contributed by atoms with Crippen LogP contribution in [0.3, 0.4) is 0 Å². The number of hydrogen-bond acceptors (Lipinski definition) is 5. The molecule has 4 fully saturated rings. The van der Waals surface area contributed by atoms with Crippen LogP contribution in [0.25, 0.3) is 0 Å². The van der Waals surface area contributed by atoms with Gasteiger partial charge in [0.1, 0.15) is 0 Å². The van der Waals surface area contributed by atoms with Crippen LogP contribution in [-0.2, 0) is 9.59 Å². The van der Waals surface area contributed by atoms with Crippen LogP contribution in [0.4, 0.5) is 0 Å². The van der Waals surface area contributed by atoms with Crippen LogP contribution in [0.1, 0.15) is 85.0 Å². The van der Waals surface area contributed by atoms with E-state index in [0.717, 1.165) is 51.4 Å². The van der Waals surface area contributed by atoms with E-state index in [4.69, 9.17) is 0 Å². The molecule has 0 aromatic carbocycles.